The van der Waals surface area contributed by atoms with Gasteiger partial charge >= 0.3 is 0 Å². The van der Waals surface area contributed by atoms with Gasteiger partial charge in [0.25, 0.3) is 5.91 Å². The molecule has 2 rings (SSSR count). The van der Waals surface area contributed by atoms with Gasteiger partial charge in [-0.15, -0.1) is 0 Å². The Hall–Kier alpha value is -2.74. The van der Waals surface area contributed by atoms with Gasteiger partial charge in [0.05, 0.1) is 12.2 Å². The molecule has 0 saturated heterocycles. The Balaban J connectivity index is 2.04. The lowest BCUT2D eigenvalue weighted by Crippen LogP contribution is -2.44. The van der Waals surface area contributed by atoms with Gasteiger partial charge in [-0.1, -0.05) is 18.5 Å². The first-order valence-corrected chi connectivity index (χ1v) is 9.25. The summed E-state index contributed by atoms with van der Waals surface area (Å²) in [7, 11) is 0. The summed E-state index contributed by atoms with van der Waals surface area (Å²) in [5.41, 5.74) is -0.511. The number of anilines is 1. The standard InChI is InChI=1S/C20H20ClF3N2O3/c1-3-10-26(20(28)12(2)29-14-6-4-13(21)5-7-14)11-17(27)25-16-9-8-15(22)18(23)19(16)24/h4-9,12H,3,10-11H2,1-2H3,(H,25,27). The first kappa shape index (κ1) is 22.5. The van der Waals surface area contributed by atoms with Crippen molar-refractivity contribution in [1.82, 2.24) is 4.90 Å². The van der Waals surface area contributed by atoms with Crippen LogP contribution in [0.3, 0.4) is 0 Å². The lowest BCUT2D eigenvalue weighted by molar-refractivity contribution is -0.140. The second kappa shape index (κ2) is 10.2. The van der Waals surface area contributed by atoms with Crippen LogP contribution in [0.15, 0.2) is 36.4 Å². The minimum Gasteiger partial charge on any atom is -0.481 e. The highest BCUT2D eigenvalue weighted by Gasteiger charge is 2.24. The van der Waals surface area contributed by atoms with Gasteiger partial charge in [0.1, 0.15) is 5.75 Å². The summed E-state index contributed by atoms with van der Waals surface area (Å²) in [6.45, 7) is 3.20. The van der Waals surface area contributed by atoms with Crippen molar-refractivity contribution in [2.24, 2.45) is 0 Å². The smallest absolute Gasteiger partial charge is 0.263 e. The van der Waals surface area contributed by atoms with E-state index in [0.717, 1.165) is 6.07 Å². The van der Waals surface area contributed by atoms with E-state index in [9.17, 15) is 22.8 Å². The number of amides is 2. The Labute approximate surface area is 171 Å². The van der Waals surface area contributed by atoms with E-state index in [0.29, 0.717) is 23.3 Å². The lowest BCUT2D eigenvalue weighted by atomic mass is 10.2. The van der Waals surface area contributed by atoms with E-state index >= 15 is 0 Å². The molecule has 0 spiro atoms. The summed E-state index contributed by atoms with van der Waals surface area (Å²) in [5.74, 6) is -5.34. The molecule has 2 amide bonds. The molecule has 1 N–H and O–H groups in total. The van der Waals surface area contributed by atoms with E-state index in [1.54, 1.807) is 24.3 Å². The van der Waals surface area contributed by atoms with Crippen molar-refractivity contribution in [3.8, 4) is 5.75 Å². The van der Waals surface area contributed by atoms with E-state index in [1.807, 2.05) is 6.92 Å². The lowest BCUT2D eigenvalue weighted by Gasteiger charge is -2.25. The zero-order valence-corrected chi connectivity index (χ0v) is 16.6. The predicted molar refractivity (Wildman–Crippen MR) is 103 cm³/mol. The number of hydrogen-bond donors (Lipinski definition) is 1. The Morgan fingerprint density at radius 2 is 1.76 bits per heavy atom. The normalized spacial score (nSPS) is 11.7. The van der Waals surface area contributed by atoms with Crippen molar-refractivity contribution in [2.45, 2.75) is 26.4 Å². The van der Waals surface area contributed by atoms with Crippen LogP contribution in [0.1, 0.15) is 20.3 Å². The molecule has 0 aromatic heterocycles. The molecule has 29 heavy (non-hydrogen) atoms. The predicted octanol–water partition coefficient (Wildman–Crippen LogP) is 4.40. The third-order valence-electron chi connectivity index (χ3n) is 3.92. The average Bonchev–Trinajstić information content (AvgIpc) is 2.69. The second-order valence-electron chi connectivity index (χ2n) is 6.24. The maximum Gasteiger partial charge on any atom is 0.263 e. The molecule has 0 radical (unpaired) electrons. The molecule has 0 heterocycles. The zero-order chi connectivity index (χ0) is 21.6. The van der Waals surface area contributed by atoms with Crippen LogP contribution in [-0.2, 0) is 9.59 Å². The van der Waals surface area contributed by atoms with Crippen LogP contribution in [-0.4, -0.2) is 35.9 Å². The summed E-state index contributed by atoms with van der Waals surface area (Å²) in [6.07, 6.45) is -0.331. The molecule has 0 aliphatic carbocycles. The maximum atomic E-state index is 13.7. The molecule has 0 fully saturated rings. The maximum absolute atomic E-state index is 13.7. The zero-order valence-electron chi connectivity index (χ0n) is 15.8. The minimum absolute atomic E-state index is 0.251. The van der Waals surface area contributed by atoms with E-state index in [1.165, 1.54) is 11.8 Å². The van der Waals surface area contributed by atoms with Crippen LogP contribution in [0.2, 0.25) is 5.02 Å². The van der Waals surface area contributed by atoms with Gasteiger partial charge in [-0.05, 0) is 49.7 Å². The van der Waals surface area contributed by atoms with Crippen LogP contribution in [0.4, 0.5) is 18.9 Å². The molecule has 9 heteroatoms. The first-order chi connectivity index (χ1) is 13.7. The number of halogens is 4. The van der Waals surface area contributed by atoms with E-state index in [2.05, 4.69) is 5.32 Å². The van der Waals surface area contributed by atoms with Crippen molar-refractivity contribution < 1.29 is 27.5 Å². The van der Waals surface area contributed by atoms with E-state index < -0.39 is 47.6 Å². The molecular weight excluding hydrogens is 409 g/mol. The van der Waals surface area contributed by atoms with Crippen molar-refractivity contribution in [2.75, 3.05) is 18.4 Å². The fraction of sp³-hybridized carbons (Fsp3) is 0.300. The molecule has 0 saturated carbocycles. The van der Waals surface area contributed by atoms with Crippen LogP contribution in [0, 0.1) is 17.5 Å². The first-order valence-electron chi connectivity index (χ1n) is 8.87. The number of carbonyl (C=O) groups is 2. The van der Waals surface area contributed by atoms with Gasteiger partial charge in [-0.3, -0.25) is 9.59 Å². The summed E-state index contributed by atoms with van der Waals surface area (Å²) < 4.78 is 45.6. The molecule has 0 bridgehead atoms. The monoisotopic (exact) mass is 428 g/mol. The SMILES string of the molecule is CCCN(CC(=O)Nc1ccc(F)c(F)c1F)C(=O)C(C)Oc1ccc(Cl)cc1. The Kier molecular flexibility index (Phi) is 7.90. The number of ether oxygens (including phenoxy) is 1. The van der Waals surface area contributed by atoms with Crippen molar-refractivity contribution in [1.29, 1.82) is 0 Å². The fourth-order valence-electron chi connectivity index (χ4n) is 2.55. The Bertz CT molecular complexity index is 878. The molecule has 5 nitrogen and oxygen atoms in total. The number of benzene rings is 2. The number of nitrogens with one attached hydrogen (secondary N) is 1. The highest BCUT2D eigenvalue weighted by atomic mass is 35.5. The molecule has 156 valence electrons. The number of carbonyl (C=O) groups excluding carboxylic acids is 2. The van der Waals surface area contributed by atoms with E-state index in [4.69, 9.17) is 16.3 Å². The molecule has 1 atom stereocenters. The van der Waals surface area contributed by atoms with Gasteiger partial charge in [0.2, 0.25) is 5.91 Å². The van der Waals surface area contributed by atoms with Crippen LogP contribution in [0.5, 0.6) is 5.75 Å². The Morgan fingerprint density at radius 1 is 1.10 bits per heavy atom. The topological polar surface area (TPSA) is 58.6 Å². The van der Waals surface area contributed by atoms with Crippen molar-refractivity contribution in [3.63, 3.8) is 0 Å². The van der Waals surface area contributed by atoms with Crippen LogP contribution >= 0.6 is 11.6 Å². The van der Waals surface area contributed by atoms with Gasteiger partial charge in [0.15, 0.2) is 23.6 Å². The molecule has 2 aromatic carbocycles. The van der Waals surface area contributed by atoms with Crippen molar-refractivity contribution >= 4 is 29.1 Å². The minimum atomic E-state index is -1.69. The molecular formula is C20H20ClF3N2O3. The number of nitrogens with zero attached hydrogens (tertiary/aromatic N) is 1. The molecule has 0 aliphatic rings. The van der Waals surface area contributed by atoms with Crippen molar-refractivity contribution in [3.05, 3.63) is 58.9 Å². The molecule has 2 aromatic rings. The summed E-state index contributed by atoms with van der Waals surface area (Å²) in [4.78, 5) is 26.1. The quantitative estimate of drug-likeness (QED) is 0.634. The third-order valence-corrected chi connectivity index (χ3v) is 4.18. The average molecular weight is 429 g/mol. The van der Waals surface area contributed by atoms with Gasteiger partial charge < -0.3 is 15.0 Å². The third kappa shape index (κ3) is 6.12. The van der Waals surface area contributed by atoms with Gasteiger partial charge in [-0.25, -0.2) is 13.2 Å². The second-order valence-corrected chi connectivity index (χ2v) is 6.68. The number of hydrogen-bond acceptors (Lipinski definition) is 3. The summed E-state index contributed by atoms with van der Waals surface area (Å²) in [6, 6.07) is 8.04. The van der Waals surface area contributed by atoms with Gasteiger partial charge in [0, 0.05) is 11.6 Å². The van der Waals surface area contributed by atoms with Gasteiger partial charge in [-0.2, -0.15) is 0 Å². The highest BCUT2D eigenvalue weighted by Crippen LogP contribution is 2.20. The van der Waals surface area contributed by atoms with Crippen LogP contribution < -0.4 is 10.1 Å². The summed E-state index contributed by atoms with van der Waals surface area (Å²) in [5, 5.41) is 2.67. The van der Waals surface area contributed by atoms with Crippen LogP contribution in [0.25, 0.3) is 0 Å². The highest BCUT2D eigenvalue weighted by molar-refractivity contribution is 6.30. The molecule has 0 aliphatic heterocycles. The Morgan fingerprint density at radius 3 is 2.38 bits per heavy atom. The fourth-order valence-corrected chi connectivity index (χ4v) is 2.67. The number of rotatable bonds is 8. The largest absolute Gasteiger partial charge is 0.481 e. The molecule has 1 unspecified atom stereocenters. The van der Waals surface area contributed by atoms with E-state index in [-0.39, 0.29) is 6.54 Å². The summed E-state index contributed by atoms with van der Waals surface area (Å²) >= 11 is 5.81.